The molecule has 1 aliphatic heterocycles. The quantitative estimate of drug-likeness (QED) is 0.707. The van der Waals surface area contributed by atoms with Gasteiger partial charge < -0.3 is 19.4 Å². The highest BCUT2D eigenvalue weighted by Crippen LogP contribution is 2.18. The van der Waals surface area contributed by atoms with E-state index in [0.29, 0.717) is 39.1 Å². The Balaban J connectivity index is 2.56. The zero-order chi connectivity index (χ0) is 18.1. The first kappa shape index (κ1) is 20.3. The Morgan fingerprint density at radius 3 is 2.29 bits per heavy atom. The summed E-state index contributed by atoms with van der Waals surface area (Å²) >= 11 is 0. The summed E-state index contributed by atoms with van der Waals surface area (Å²) in [7, 11) is 1.78. The maximum absolute atomic E-state index is 12.3. The number of piperidine rings is 1. The number of likely N-dealkylation sites (N-methyl/N-ethyl adjacent to an activating group) is 1. The maximum atomic E-state index is 12.3. The molecule has 24 heavy (non-hydrogen) atoms. The molecule has 138 valence electrons. The average Bonchev–Trinajstić information content (AvgIpc) is 2.57. The minimum absolute atomic E-state index is 0.00305. The van der Waals surface area contributed by atoms with Crippen LogP contribution in [0.3, 0.4) is 0 Å². The fourth-order valence-electron chi connectivity index (χ4n) is 2.86. The van der Waals surface area contributed by atoms with E-state index in [1.54, 1.807) is 28.7 Å². The molecule has 7 heteroatoms. The van der Waals surface area contributed by atoms with Gasteiger partial charge in [0.1, 0.15) is 0 Å². The third-order valence-corrected chi connectivity index (χ3v) is 4.41. The van der Waals surface area contributed by atoms with Gasteiger partial charge in [-0.1, -0.05) is 13.3 Å². The van der Waals surface area contributed by atoms with Crippen LogP contribution in [0.2, 0.25) is 0 Å². The van der Waals surface area contributed by atoms with Crippen LogP contribution in [0.15, 0.2) is 0 Å². The Bertz CT molecular complexity index is 434. The average molecular weight is 341 g/mol. The summed E-state index contributed by atoms with van der Waals surface area (Å²) in [5, 5.41) is 0. The van der Waals surface area contributed by atoms with Crippen LogP contribution in [0.5, 0.6) is 0 Å². The van der Waals surface area contributed by atoms with Crippen LogP contribution >= 0.6 is 0 Å². The number of nitrogens with zero attached hydrogens (tertiary/aromatic N) is 3. The van der Waals surface area contributed by atoms with Gasteiger partial charge in [0, 0.05) is 39.6 Å². The summed E-state index contributed by atoms with van der Waals surface area (Å²) in [6.45, 7) is 7.64. The van der Waals surface area contributed by atoms with Crippen LogP contribution in [0.1, 0.15) is 46.5 Å². The third kappa shape index (κ3) is 6.02. The lowest BCUT2D eigenvalue weighted by Gasteiger charge is -2.37. The zero-order valence-electron chi connectivity index (χ0n) is 15.4. The zero-order valence-corrected chi connectivity index (χ0v) is 15.4. The summed E-state index contributed by atoms with van der Waals surface area (Å²) in [6, 6.07) is -0.00305. The number of rotatable bonds is 7. The SMILES string of the molecule is CCCCN(C)C(=O)CN(C(C)=O)C1CCN(C(=O)OCC)CC1. The number of hydrogen-bond acceptors (Lipinski definition) is 4. The molecule has 1 heterocycles. The van der Waals surface area contributed by atoms with Crippen molar-refractivity contribution in [1.82, 2.24) is 14.7 Å². The van der Waals surface area contributed by atoms with E-state index in [-0.39, 0.29) is 30.5 Å². The van der Waals surface area contributed by atoms with Crippen molar-refractivity contribution in [3.8, 4) is 0 Å². The van der Waals surface area contributed by atoms with E-state index in [0.717, 1.165) is 12.8 Å². The smallest absolute Gasteiger partial charge is 0.409 e. The summed E-state index contributed by atoms with van der Waals surface area (Å²) < 4.78 is 5.00. The molecule has 1 saturated heterocycles. The van der Waals surface area contributed by atoms with E-state index in [1.807, 2.05) is 0 Å². The number of carbonyl (C=O) groups excluding carboxylic acids is 3. The van der Waals surface area contributed by atoms with Crippen LogP contribution in [0.25, 0.3) is 0 Å². The van der Waals surface area contributed by atoms with Crippen LogP contribution in [-0.4, -0.2) is 78.5 Å². The van der Waals surface area contributed by atoms with Gasteiger partial charge in [0.25, 0.3) is 0 Å². The first-order valence-corrected chi connectivity index (χ1v) is 8.83. The van der Waals surface area contributed by atoms with E-state index >= 15 is 0 Å². The van der Waals surface area contributed by atoms with Crippen molar-refractivity contribution in [1.29, 1.82) is 0 Å². The van der Waals surface area contributed by atoms with Gasteiger partial charge in [-0.3, -0.25) is 9.59 Å². The highest BCUT2D eigenvalue weighted by Gasteiger charge is 2.30. The first-order valence-electron chi connectivity index (χ1n) is 8.83. The molecule has 3 amide bonds. The number of amides is 3. The second-order valence-corrected chi connectivity index (χ2v) is 6.23. The van der Waals surface area contributed by atoms with E-state index in [1.165, 1.54) is 6.92 Å². The fourth-order valence-corrected chi connectivity index (χ4v) is 2.86. The van der Waals surface area contributed by atoms with E-state index in [2.05, 4.69) is 6.92 Å². The van der Waals surface area contributed by atoms with Gasteiger partial charge in [0.05, 0.1) is 13.2 Å². The van der Waals surface area contributed by atoms with Crippen LogP contribution in [-0.2, 0) is 14.3 Å². The van der Waals surface area contributed by atoms with Gasteiger partial charge in [-0.25, -0.2) is 4.79 Å². The first-order chi connectivity index (χ1) is 11.4. The van der Waals surface area contributed by atoms with Crippen LogP contribution in [0.4, 0.5) is 4.79 Å². The molecule has 0 radical (unpaired) electrons. The summed E-state index contributed by atoms with van der Waals surface area (Å²) in [4.78, 5) is 41.0. The molecule has 0 bridgehead atoms. The summed E-state index contributed by atoms with van der Waals surface area (Å²) in [5.74, 6) is -0.131. The molecule has 1 fully saturated rings. The highest BCUT2D eigenvalue weighted by atomic mass is 16.6. The van der Waals surface area contributed by atoms with Crippen molar-refractivity contribution >= 4 is 17.9 Å². The minimum atomic E-state index is -0.305. The van der Waals surface area contributed by atoms with Gasteiger partial charge in [-0.05, 0) is 26.2 Å². The van der Waals surface area contributed by atoms with Crippen molar-refractivity contribution in [2.45, 2.75) is 52.5 Å². The van der Waals surface area contributed by atoms with Crippen molar-refractivity contribution < 1.29 is 19.1 Å². The van der Waals surface area contributed by atoms with Crippen molar-refractivity contribution in [3.05, 3.63) is 0 Å². The lowest BCUT2D eigenvalue weighted by Crippen LogP contribution is -2.51. The normalized spacial score (nSPS) is 15.1. The molecule has 0 aliphatic carbocycles. The molecule has 0 aromatic rings. The highest BCUT2D eigenvalue weighted by molar-refractivity contribution is 5.84. The monoisotopic (exact) mass is 341 g/mol. The predicted octanol–water partition coefficient (Wildman–Crippen LogP) is 1.71. The molecule has 0 N–H and O–H groups in total. The number of ether oxygens (including phenoxy) is 1. The molecule has 7 nitrogen and oxygen atoms in total. The number of unbranched alkanes of at least 4 members (excludes halogenated alkanes) is 1. The van der Waals surface area contributed by atoms with Gasteiger partial charge in [-0.15, -0.1) is 0 Å². The molecule has 0 spiro atoms. The number of hydrogen-bond donors (Lipinski definition) is 0. The largest absolute Gasteiger partial charge is 0.450 e. The summed E-state index contributed by atoms with van der Waals surface area (Å²) in [5.41, 5.74) is 0. The van der Waals surface area contributed by atoms with Crippen LogP contribution in [0, 0.1) is 0 Å². The van der Waals surface area contributed by atoms with E-state index in [9.17, 15) is 14.4 Å². The Labute approximate surface area is 144 Å². The second-order valence-electron chi connectivity index (χ2n) is 6.23. The van der Waals surface area contributed by atoms with Gasteiger partial charge in [0.15, 0.2) is 0 Å². The molecule has 0 atom stereocenters. The molecule has 0 unspecified atom stereocenters. The molecular formula is C17H31N3O4. The topological polar surface area (TPSA) is 70.2 Å². The Morgan fingerprint density at radius 2 is 1.79 bits per heavy atom. The predicted molar refractivity (Wildman–Crippen MR) is 91.5 cm³/mol. The lowest BCUT2D eigenvalue weighted by molar-refractivity contribution is -0.141. The van der Waals surface area contributed by atoms with Gasteiger partial charge in [0.2, 0.25) is 11.8 Å². The Morgan fingerprint density at radius 1 is 1.17 bits per heavy atom. The number of likely N-dealkylation sites (tertiary alicyclic amines) is 1. The molecule has 0 saturated carbocycles. The molecule has 1 aliphatic rings. The number of carbonyl (C=O) groups is 3. The second kappa shape index (κ2) is 10.2. The van der Waals surface area contributed by atoms with Crippen molar-refractivity contribution in [2.24, 2.45) is 0 Å². The molecule has 0 aromatic heterocycles. The maximum Gasteiger partial charge on any atom is 0.409 e. The Hall–Kier alpha value is -1.79. The molecule has 1 rings (SSSR count). The minimum Gasteiger partial charge on any atom is -0.450 e. The van der Waals surface area contributed by atoms with Gasteiger partial charge >= 0.3 is 6.09 Å². The lowest BCUT2D eigenvalue weighted by atomic mass is 10.0. The standard InChI is InChI=1S/C17H31N3O4/c1-5-7-10-18(4)16(22)13-20(14(3)21)15-8-11-19(12-9-15)17(23)24-6-2/h15H,5-13H2,1-4H3. The molecular weight excluding hydrogens is 310 g/mol. The Kier molecular flexibility index (Phi) is 8.57. The van der Waals surface area contributed by atoms with Crippen molar-refractivity contribution in [2.75, 3.05) is 39.8 Å². The fraction of sp³-hybridized carbons (Fsp3) is 0.824. The van der Waals surface area contributed by atoms with E-state index in [4.69, 9.17) is 4.74 Å². The van der Waals surface area contributed by atoms with Gasteiger partial charge in [-0.2, -0.15) is 0 Å². The summed E-state index contributed by atoms with van der Waals surface area (Å²) in [6.07, 6.45) is 3.02. The van der Waals surface area contributed by atoms with Crippen LogP contribution < -0.4 is 0 Å². The van der Waals surface area contributed by atoms with Crippen molar-refractivity contribution in [3.63, 3.8) is 0 Å². The van der Waals surface area contributed by atoms with E-state index < -0.39 is 0 Å². The third-order valence-electron chi connectivity index (χ3n) is 4.41. The molecule has 0 aromatic carbocycles.